The summed E-state index contributed by atoms with van der Waals surface area (Å²) in [5.74, 6) is 0.648. The van der Waals surface area contributed by atoms with Crippen LogP contribution in [0.25, 0.3) is 0 Å². The standard InChI is InChI=1S/C14H22N2O2S/c1-11(13-4-2-3-5-13)16-14-8-6-12(7-9-14)10-19(15,17)18/h6-9,11,13,16H,2-5,10H2,1H3,(H2,15,17,18). The summed E-state index contributed by atoms with van der Waals surface area (Å²) in [5.41, 5.74) is 1.76. The molecule has 1 aromatic rings. The van der Waals surface area contributed by atoms with Gasteiger partial charge in [0, 0.05) is 11.7 Å². The summed E-state index contributed by atoms with van der Waals surface area (Å²) in [5, 5.41) is 8.52. The van der Waals surface area contributed by atoms with Gasteiger partial charge in [-0.1, -0.05) is 25.0 Å². The zero-order valence-corrected chi connectivity index (χ0v) is 12.1. The fraction of sp³-hybridized carbons (Fsp3) is 0.571. The van der Waals surface area contributed by atoms with Crippen molar-refractivity contribution in [3.63, 3.8) is 0 Å². The summed E-state index contributed by atoms with van der Waals surface area (Å²) < 4.78 is 22.0. The van der Waals surface area contributed by atoms with Crippen LogP contribution in [0, 0.1) is 5.92 Å². The second kappa shape index (κ2) is 5.92. The number of nitrogens with one attached hydrogen (secondary N) is 1. The van der Waals surface area contributed by atoms with Gasteiger partial charge < -0.3 is 5.32 Å². The zero-order valence-electron chi connectivity index (χ0n) is 11.3. The molecule has 0 heterocycles. The van der Waals surface area contributed by atoms with Gasteiger partial charge in [0.2, 0.25) is 10.0 Å². The maximum absolute atomic E-state index is 11.0. The van der Waals surface area contributed by atoms with E-state index in [0.29, 0.717) is 6.04 Å². The van der Waals surface area contributed by atoms with E-state index in [-0.39, 0.29) is 5.75 Å². The highest BCUT2D eigenvalue weighted by atomic mass is 32.2. The molecule has 3 N–H and O–H groups in total. The van der Waals surface area contributed by atoms with Crippen LogP contribution < -0.4 is 10.5 Å². The summed E-state index contributed by atoms with van der Waals surface area (Å²) >= 11 is 0. The third-order valence-electron chi connectivity index (χ3n) is 3.82. The first kappa shape index (κ1) is 14.3. The van der Waals surface area contributed by atoms with E-state index in [1.807, 2.05) is 24.3 Å². The predicted molar refractivity (Wildman–Crippen MR) is 78.3 cm³/mol. The lowest BCUT2D eigenvalue weighted by atomic mass is 9.99. The Morgan fingerprint density at radius 3 is 2.37 bits per heavy atom. The molecule has 1 aliphatic carbocycles. The summed E-state index contributed by atoms with van der Waals surface area (Å²) in [7, 11) is -3.45. The van der Waals surface area contributed by atoms with Gasteiger partial charge in [-0.15, -0.1) is 0 Å². The van der Waals surface area contributed by atoms with Crippen LogP contribution in [0.2, 0.25) is 0 Å². The molecule has 1 aliphatic rings. The Morgan fingerprint density at radius 2 is 1.84 bits per heavy atom. The molecule has 1 saturated carbocycles. The molecule has 4 nitrogen and oxygen atoms in total. The van der Waals surface area contributed by atoms with Crippen LogP contribution in [0.3, 0.4) is 0 Å². The van der Waals surface area contributed by atoms with Crippen molar-refractivity contribution >= 4 is 15.7 Å². The molecule has 1 unspecified atom stereocenters. The van der Waals surface area contributed by atoms with E-state index < -0.39 is 10.0 Å². The monoisotopic (exact) mass is 282 g/mol. The van der Waals surface area contributed by atoms with Crippen LogP contribution >= 0.6 is 0 Å². The molecular formula is C14H22N2O2S. The number of sulfonamides is 1. The van der Waals surface area contributed by atoms with Gasteiger partial charge >= 0.3 is 0 Å². The van der Waals surface area contributed by atoms with Gasteiger partial charge in [0.15, 0.2) is 0 Å². The molecule has 0 aromatic heterocycles. The van der Waals surface area contributed by atoms with Gasteiger partial charge in [0.05, 0.1) is 5.75 Å². The van der Waals surface area contributed by atoms with Crippen LogP contribution in [0.4, 0.5) is 5.69 Å². The highest BCUT2D eigenvalue weighted by Gasteiger charge is 2.21. The van der Waals surface area contributed by atoms with Crippen LogP contribution in [0.15, 0.2) is 24.3 Å². The molecule has 2 rings (SSSR count). The highest BCUT2D eigenvalue weighted by Crippen LogP contribution is 2.29. The number of anilines is 1. The fourth-order valence-electron chi connectivity index (χ4n) is 2.77. The maximum atomic E-state index is 11.0. The average molecular weight is 282 g/mol. The molecule has 0 aliphatic heterocycles. The summed E-state index contributed by atoms with van der Waals surface area (Å²) in [6.45, 7) is 2.22. The quantitative estimate of drug-likeness (QED) is 0.871. The Bertz CT molecular complexity index is 505. The van der Waals surface area contributed by atoms with Gasteiger partial charge in [-0.3, -0.25) is 0 Å². The molecule has 19 heavy (non-hydrogen) atoms. The fourth-order valence-corrected chi connectivity index (χ4v) is 3.42. The number of hydrogen-bond acceptors (Lipinski definition) is 3. The van der Waals surface area contributed by atoms with Gasteiger partial charge in [0.25, 0.3) is 0 Å². The molecule has 1 atom stereocenters. The van der Waals surface area contributed by atoms with Crippen molar-refractivity contribution in [3.8, 4) is 0 Å². The molecule has 0 amide bonds. The van der Waals surface area contributed by atoms with Gasteiger partial charge in [-0.25, -0.2) is 13.6 Å². The predicted octanol–water partition coefficient (Wildman–Crippen LogP) is 2.47. The van der Waals surface area contributed by atoms with E-state index in [9.17, 15) is 8.42 Å². The third kappa shape index (κ3) is 4.51. The normalized spacial score (nSPS) is 18.4. The van der Waals surface area contributed by atoms with E-state index in [1.165, 1.54) is 25.7 Å². The Morgan fingerprint density at radius 1 is 1.26 bits per heavy atom. The van der Waals surface area contributed by atoms with E-state index in [2.05, 4.69) is 12.2 Å². The molecule has 1 aromatic carbocycles. The number of nitrogens with two attached hydrogens (primary N) is 1. The molecule has 0 saturated heterocycles. The van der Waals surface area contributed by atoms with E-state index in [4.69, 9.17) is 5.14 Å². The molecule has 0 bridgehead atoms. The lowest BCUT2D eigenvalue weighted by Crippen LogP contribution is -2.23. The largest absolute Gasteiger partial charge is 0.382 e. The maximum Gasteiger partial charge on any atom is 0.213 e. The zero-order chi connectivity index (χ0) is 13.9. The minimum atomic E-state index is -3.45. The Hall–Kier alpha value is -1.07. The molecule has 1 fully saturated rings. The van der Waals surface area contributed by atoms with E-state index in [1.54, 1.807) is 0 Å². The van der Waals surface area contributed by atoms with Gasteiger partial charge in [-0.05, 0) is 43.4 Å². The van der Waals surface area contributed by atoms with Crippen molar-refractivity contribution in [2.75, 3.05) is 5.32 Å². The van der Waals surface area contributed by atoms with Crippen molar-refractivity contribution in [3.05, 3.63) is 29.8 Å². The van der Waals surface area contributed by atoms with E-state index in [0.717, 1.165) is 17.2 Å². The van der Waals surface area contributed by atoms with Crippen LogP contribution in [-0.4, -0.2) is 14.5 Å². The first-order valence-electron chi connectivity index (χ1n) is 6.80. The lowest BCUT2D eigenvalue weighted by Gasteiger charge is -2.21. The smallest absolute Gasteiger partial charge is 0.213 e. The number of benzene rings is 1. The van der Waals surface area contributed by atoms with Crippen molar-refractivity contribution in [1.82, 2.24) is 0 Å². The molecule has 106 valence electrons. The Balaban J connectivity index is 1.94. The topological polar surface area (TPSA) is 72.2 Å². The first-order chi connectivity index (χ1) is 8.94. The van der Waals surface area contributed by atoms with Gasteiger partial charge in [-0.2, -0.15) is 0 Å². The third-order valence-corrected chi connectivity index (χ3v) is 4.56. The minimum Gasteiger partial charge on any atom is -0.382 e. The van der Waals surface area contributed by atoms with Crippen LogP contribution in [0.1, 0.15) is 38.2 Å². The molecular weight excluding hydrogens is 260 g/mol. The minimum absolute atomic E-state index is 0.106. The lowest BCUT2D eigenvalue weighted by molar-refractivity contribution is 0.482. The molecule has 0 radical (unpaired) electrons. The van der Waals surface area contributed by atoms with Crippen molar-refractivity contribution < 1.29 is 8.42 Å². The number of primary sulfonamides is 1. The second-order valence-electron chi connectivity index (χ2n) is 5.48. The van der Waals surface area contributed by atoms with Gasteiger partial charge in [0.1, 0.15) is 0 Å². The molecule has 0 spiro atoms. The average Bonchev–Trinajstić information content (AvgIpc) is 2.83. The van der Waals surface area contributed by atoms with Crippen LogP contribution in [-0.2, 0) is 15.8 Å². The summed E-state index contributed by atoms with van der Waals surface area (Å²) in [6, 6.07) is 7.94. The second-order valence-corrected chi connectivity index (χ2v) is 7.10. The first-order valence-corrected chi connectivity index (χ1v) is 8.51. The van der Waals surface area contributed by atoms with E-state index >= 15 is 0 Å². The summed E-state index contributed by atoms with van der Waals surface area (Å²) in [6.07, 6.45) is 5.28. The number of hydrogen-bond donors (Lipinski definition) is 2. The van der Waals surface area contributed by atoms with Crippen molar-refractivity contribution in [2.45, 2.75) is 44.4 Å². The number of rotatable bonds is 5. The van der Waals surface area contributed by atoms with Crippen molar-refractivity contribution in [1.29, 1.82) is 0 Å². The van der Waals surface area contributed by atoms with Crippen molar-refractivity contribution in [2.24, 2.45) is 11.1 Å². The SMILES string of the molecule is CC(Nc1ccc(CS(N)(=O)=O)cc1)C1CCCC1. The summed E-state index contributed by atoms with van der Waals surface area (Å²) in [4.78, 5) is 0. The highest BCUT2D eigenvalue weighted by molar-refractivity contribution is 7.88. The Kier molecular flexibility index (Phi) is 4.47. The Labute approximate surface area is 115 Å². The van der Waals surface area contributed by atoms with Crippen LogP contribution in [0.5, 0.6) is 0 Å². The molecule has 5 heteroatoms.